The zero-order valence-electron chi connectivity index (χ0n) is 10.7. The molecule has 0 amide bonds. The number of aliphatic carboxylic acids is 1. The molecule has 0 saturated carbocycles. The number of rotatable bonds is 6. The summed E-state index contributed by atoms with van der Waals surface area (Å²) in [5.41, 5.74) is 1.03. The van der Waals surface area contributed by atoms with E-state index in [9.17, 15) is 9.90 Å². The number of thioether (sulfide) groups is 1. The minimum atomic E-state index is -0.806. The quantitative estimate of drug-likeness (QED) is 0.824. The first-order valence-corrected chi connectivity index (χ1v) is 7.03. The van der Waals surface area contributed by atoms with Crippen molar-refractivity contribution in [1.29, 1.82) is 0 Å². The molecule has 0 fully saturated rings. The molecule has 1 heterocycles. The number of nitrogens with zero attached hydrogens (tertiary/aromatic N) is 2. The van der Waals surface area contributed by atoms with E-state index in [0.717, 1.165) is 17.3 Å². The molecule has 2 rings (SSSR count). The lowest BCUT2D eigenvalue weighted by Crippen LogP contribution is -2.20. The van der Waals surface area contributed by atoms with Crippen molar-refractivity contribution in [1.82, 2.24) is 9.55 Å². The number of carboxylic acids is 1. The van der Waals surface area contributed by atoms with Crippen molar-refractivity contribution in [2.45, 2.75) is 30.3 Å². The van der Waals surface area contributed by atoms with Crippen LogP contribution in [-0.2, 0) is 17.8 Å². The number of carbonyl (C=O) groups is 1. The third-order valence-electron chi connectivity index (χ3n) is 2.81. The molecule has 0 bridgehead atoms. The highest BCUT2D eigenvalue weighted by atomic mass is 32.2. The van der Waals surface area contributed by atoms with E-state index in [1.165, 1.54) is 11.8 Å². The van der Waals surface area contributed by atoms with E-state index in [4.69, 9.17) is 0 Å². The van der Waals surface area contributed by atoms with E-state index in [2.05, 4.69) is 4.98 Å². The molecular formula is C14H16N2O2S. The standard InChI is InChI=1S/C14H16N2O2S/c1-2-16-9-8-15-14(16)19-12(13(17)18)10-11-6-4-3-5-7-11/h3-9,12H,2,10H2,1H3,(H,17,18). The summed E-state index contributed by atoms with van der Waals surface area (Å²) >= 11 is 1.30. The van der Waals surface area contributed by atoms with Crippen molar-refractivity contribution in [3.63, 3.8) is 0 Å². The topological polar surface area (TPSA) is 55.1 Å². The largest absolute Gasteiger partial charge is 0.480 e. The van der Waals surface area contributed by atoms with Crippen molar-refractivity contribution in [2.75, 3.05) is 0 Å². The molecule has 0 aliphatic carbocycles. The number of hydrogen-bond acceptors (Lipinski definition) is 3. The predicted molar refractivity (Wildman–Crippen MR) is 75.3 cm³/mol. The van der Waals surface area contributed by atoms with E-state index in [0.29, 0.717) is 6.42 Å². The molecule has 2 aromatic rings. The fourth-order valence-corrected chi connectivity index (χ4v) is 2.87. The van der Waals surface area contributed by atoms with Crippen molar-refractivity contribution in [3.8, 4) is 0 Å². The molecule has 5 heteroatoms. The highest BCUT2D eigenvalue weighted by Crippen LogP contribution is 2.24. The van der Waals surface area contributed by atoms with Gasteiger partial charge in [-0.05, 0) is 18.9 Å². The number of aromatic nitrogens is 2. The van der Waals surface area contributed by atoms with Crippen molar-refractivity contribution in [2.24, 2.45) is 0 Å². The predicted octanol–water partition coefficient (Wildman–Crippen LogP) is 2.69. The Bertz CT molecular complexity index is 539. The highest BCUT2D eigenvalue weighted by Gasteiger charge is 2.21. The van der Waals surface area contributed by atoms with Crippen molar-refractivity contribution < 1.29 is 9.90 Å². The molecule has 1 N–H and O–H groups in total. The molecule has 4 nitrogen and oxygen atoms in total. The second-order valence-electron chi connectivity index (χ2n) is 4.13. The average Bonchev–Trinajstić information content (AvgIpc) is 2.86. The van der Waals surface area contributed by atoms with Crippen molar-refractivity contribution in [3.05, 3.63) is 48.3 Å². The second-order valence-corrected chi connectivity index (χ2v) is 5.30. The molecule has 0 radical (unpaired) electrons. The lowest BCUT2D eigenvalue weighted by Gasteiger charge is -2.12. The average molecular weight is 276 g/mol. The van der Waals surface area contributed by atoms with Crippen LogP contribution in [0.5, 0.6) is 0 Å². The Labute approximate surface area is 116 Å². The maximum absolute atomic E-state index is 11.4. The van der Waals surface area contributed by atoms with Gasteiger partial charge in [-0.15, -0.1) is 0 Å². The van der Waals surface area contributed by atoms with Crippen LogP contribution in [0.1, 0.15) is 12.5 Å². The minimum Gasteiger partial charge on any atom is -0.480 e. The first-order chi connectivity index (χ1) is 9.20. The van der Waals surface area contributed by atoms with Gasteiger partial charge >= 0.3 is 5.97 Å². The van der Waals surface area contributed by atoms with Gasteiger partial charge < -0.3 is 9.67 Å². The van der Waals surface area contributed by atoms with Gasteiger partial charge in [0, 0.05) is 18.9 Å². The Morgan fingerprint density at radius 2 is 2.16 bits per heavy atom. The van der Waals surface area contributed by atoms with Gasteiger partial charge in [0.15, 0.2) is 5.16 Å². The molecule has 0 saturated heterocycles. The molecule has 1 aromatic heterocycles. The Hall–Kier alpha value is -1.75. The van der Waals surface area contributed by atoms with Crippen LogP contribution in [0.25, 0.3) is 0 Å². The minimum absolute atomic E-state index is 0.497. The van der Waals surface area contributed by atoms with Crippen LogP contribution in [-0.4, -0.2) is 25.9 Å². The maximum Gasteiger partial charge on any atom is 0.317 e. The Balaban J connectivity index is 2.11. The number of benzene rings is 1. The van der Waals surface area contributed by atoms with Gasteiger partial charge in [-0.3, -0.25) is 4.79 Å². The van der Waals surface area contributed by atoms with E-state index >= 15 is 0 Å². The fraction of sp³-hybridized carbons (Fsp3) is 0.286. The fourth-order valence-electron chi connectivity index (χ4n) is 1.79. The van der Waals surface area contributed by atoms with Gasteiger partial charge in [-0.1, -0.05) is 42.1 Å². The van der Waals surface area contributed by atoms with Crippen molar-refractivity contribution >= 4 is 17.7 Å². The Kier molecular flexibility index (Phi) is 4.63. The molecule has 1 unspecified atom stereocenters. The summed E-state index contributed by atoms with van der Waals surface area (Å²) in [4.78, 5) is 15.6. The van der Waals surface area contributed by atoms with Crippen LogP contribution in [0.15, 0.2) is 47.9 Å². The normalized spacial score (nSPS) is 12.3. The molecule has 1 atom stereocenters. The number of carboxylic acid groups (broad SMARTS) is 1. The summed E-state index contributed by atoms with van der Waals surface area (Å²) < 4.78 is 1.95. The third-order valence-corrected chi connectivity index (χ3v) is 4.01. The number of aryl methyl sites for hydroxylation is 1. The van der Waals surface area contributed by atoms with Crippen LogP contribution in [0.4, 0.5) is 0 Å². The van der Waals surface area contributed by atoms with Crippen LogP contribution < -0.4 is 0 Å². The van der Waals surface area contributed by atoms with Crippen LogP contribution >= 0.6 is 11.8 Å². The second kappa shape index (κ2) is 6.43. The molecule has 1 aromatic carbocycles. The smallest absolute Gasteiger partial charge is 0.317 e. The summed E-state index contributed by atoms with van der Waals surface area (Å²) in [6.45, 7) is 2.80. The Morgan fingerprint density at radius 1 is 1.42 bits per heavy atom. The monoisotopic (exact) mass is 276 g/mol. The summed E-state index contributed by atoms with van der Waals surface area (Å²) in [6.07, 6.45) is 4.06. The molecular weight excluding hydrogens is 260 g/mol. The number of hydrogen-bond donors (Lipinski definition) is 1. The summed E-state index contributed by atoms with van der Waals surface area (Å²) in [5, 5.41) is 9.58. The third kappa shape index (κ3) is 3.61. The van der Waals surface area contributed by atoms with Gasteiger partial charge in [-0.25, -0.2) is 4.98 Å². The molecule has 19 heavy (non-hydrogen) atoms. The first-order valence-electron chi connectivity index (χ1n) is 6.15. The zero-order valence-corrected chi connectivity index (χ0v) is 11.5. The molecule has 100 valence electrons. The molecule has 0 aliphatic rings. The zero-order chi connectivity index (χ0) is 13.7. The van der Waals surface area contributed by atoms with Crippen LogP contribution in [0.2, 0.25) is 0 Å². The van der Waals surface area contributed by atoms with Gasteiger partial charge in [0.25, 0.3) is 0 Å². The molecule has 0 spiro atoms. The van der Waals surface area contributed by atoms with Crippen LogP contribution in [0.3, 0.4) is 0 Å². The SMILES string of the molecule is CCn1ccnc1SC(Cc1ccccc1)C(=O)O. The lowest BCUT2D eigenvalue weighted by atomic mass is 10.1. The highest BCUT2D eigenvalue weighted by molar-refractivity contribution is 8.00. The summed E-state index contributed by atoms with van der Waals surface area (Å²) in [5.74, 6) is -0.806. The van der Waals surface area contributed by atoms with E-state index < -0.39 is 11.2 Å². The van der Waals surface area contributed by atoms with E-state index in [-0.39, 0.29) is 0 Å². The Morgan fingerprint density at radius 3 is 2.79 bits per heavy atom. The van der Waals surface area contributed by atoms with Gasteiger partial charge in [0.1, 0.15) is 5.25 Å². The van der Waals surface area contributed by atoms with Crippen LogP contribution in [0, 0.1) is 0 Å². The molecule has 0 aliphatic heterocycles. The van der Waals surface area contributed by atoms with Gasteiger partial charge in [0.05, 0.1) is 0 Å². The summed E-state index contributed by atoms with van der Waals surface area (Å²) in [6, 6.07) is 9.67. The first kappa shape index (κ1) is 13.7. The number of imidazole rings is 1. The van der Waals surface area contributed by atoms with Gasteiger partial charge in [-0.2, -0.15) is 0 Å². The van der Waals surface area contributed by atoms with Gasteiger partial charge in [0.2, 0.25) is 0 Å². The van der Waals surface area contributed by atoms with E-state index in [1.807, 2.05) is 48.0 Å². The van der Waals surface area contributed by atoms with E-state index in [1.54, 1.807) is 6.20 Å². The lowest BCUT2D eigenvalue weighted by molar-refractivity contribution is -0.136. The maximum atomic E-state index is 11.4. The summed E-state index contributed by atoms with van der Waals surface area (Å²) in [7, 11) is 0.